The second-order valence-electron chi connectivity index (χ2n) is 6.44. The van der Waals surface area contributed by atoms with Crippen molar-refractivity contribution < 1.29 is 4.42 Å². The van der Waals surface area contributed by atoms with Crippen molar-refractivity contribution >= 4 is 0 Å². The van der Waals surface area contributed by atoms with Crippen LogP contribution in [0.25, 0.3) is 22.6 Å². The van der Waals surface area contributed by atoms with E-state index in [-0.39, 0.29) is 11.8 Å². The molecule has 0 radical (unpaired) electrons. The van der Waals surface area contributed by atoms with Gasteiger partial charge in [0.25, 0.3) is 0 Å². The molecule has 3 heteroatoms. The molecule has 1 aliphatic carbocycles. The van der Waals surface area contributed by atoms with Crippen LogP contribution in [0.1, 0.15) is 38.1 Å². The molecule has 3 aromatic rings. The SMILES string of the molecule is O=c1oc(-c2ccccc2)c(-c2ccccc2)n1C1CCCCC1. The Bertz CT molecular complexity index is 856. The van der Waals surface area contributed by atoms with E-state index < -0.39 is 0 Å². The van der Waals surface area contributed by atoms with Gasteiger partial charge in [-0.1, -0.05) is 79.9 Å². The molecule has 0 unspecified atom stereocenters. The molecule has 1 fully saturated rings. The summed E-state index contributed by atoms with van der Waals surface area (Å²) in [6.45, 7) is 0. The Labute approximate surface area is 141 Å². The average Bonchev–Trinajstić information content (AvgIpc) is 3.01. The molecular weight excluding hydrogens is 298 g/mol. The fourth-order valence-electron chi connectivity index (χ4n) is 3.71. The molecule has 0 aliphatic heterocycles. The largest absolute Gasteiger partial charge is 0.420 e. The molecule has 4 rings (SSSR count). The second-order valence-corrected chi connectivity index (χ2v) is 6.44. The average molecular weight is 319 g/mol. The summed E-state index contributed by atoms with van der Waals surface area (Å²) in [5, 5.41) is 0. The van der Waals surface area contributed by atoms with Crippen LogP contribution in [0.3, 0.4) is 0 Å². The van der Waals surface area contributed by atoms with Crippen molar-refractivity contribution in [1.29, 1.82) is 0 Å². The maximum absolute atomic E-state index is 12.7. The predicted molar refractivity (Wildman–Crippen MR) is 96.0 cm³/mol. The summed E-state index contributed by atoms with van der Waals surface area (Å²) in [5.41, 5.74) is 2.90. The first-order valence-electron chi connectivity index (χ1n) is 8.71. The van der Waals surface area contributed by atoms with Crippen molar-refractivity contribution in [3.63, 3.8) is 0 Å². The second kappa shape index (κ2) is 6.52. The van der Waals surface area contributed by atoms with Crippen LogP contribution in [0, 0.1) is 0 Å². The number of hydrogen-bond acceptors (Lipinski definition) is 2. The zero-order valence-electron chi connectivity index (χ0n) is 13.7. The van der Waals surface area contributed by atoms with Gasteiger partial charge in [-0.05, 0) is 12.8 Å². The molecule has 0 amide bonds. The van der Waals surface area contributed by atoms with Crippen LogP contribution >= 0.6 is 0 Å². The minimum atomic E-state index is -0.236. The Kier molecular flexibility index (Phi) is 4.08. The Morgan fingerprint density at radius 1 is 0.792 bits per heavy atom. The highest BCUT2D eigenvalue weighted by atomic mass is 16.4. The van der Waals surface area contributed by atoms with E-state index >= 15 is 0 Å². The summed E-state index contributed by atoms with van der Waals surface area (Å²) in [6.07, 6.45) is 5.71. The molecule has 0 bridgehead atoms. The van der Waals surface area contributed by atoms with Crippen LogP contribution in [0.2, 0.25) is 0 Å². The molecule has 122 valence electrons. The first-order chi connectivity index (χ1) is 11.8. The maximum Gasteiger partial charge on any atom is 0.420 e. The van der Waals surface area contributed by atoms with Gasteiger partial charge in [0.05, 0.1) is 5.69 Å². The molecule has 0 saturated heterocycles. The summed E-state index contributed by atoms with van der Waals surface area (Å²) in [5.74, 6) is 0.442. The lowest BCUT2D eigenvalue weighted by molar-refractivity contribution is 0.332. The van der Waals surface area contributed by atoms with Crippen molar-refractivity contribution in [3.8, 4) is 22.6 Å². The minimum Gasteiger partial charge on any atom is -0.407 e. The van der Waals surface area contributed by atoms with E-state index in [0.717, 1.165) is 29.7 Å². The van der Waals surface area contributed by atoms with E-state index in [1.54, 1.807) is 0 Å². The van der Waals surface area contributed by atoms with E-state index in [9.17, 15) is 4.79 Å². The van der Waals surface area contributed by atoms with Crippen molar-refractivity contribution in [2.45, 2.75) is 38.1 Å². The minimum absolute atomic E-state index is 0.236. The third kappa shape index (κ3) is 2.71. The number of hydrogen-bond donors (Lipinski definition) is 0. The van der Waals surface area contributed by atoms with Gasteiger partial charge in [0.1, 0.15) is 0 Å². The summed E-state index contributed by atoms with van der Waals surface area (Å²) in [6, 6.07) is 20.3. The molecular formula is C21H21NO2. The summed E-state index contributed by atoms with van der Waals surface area (Å²) < 4.78 is 7.65. The van der Waals surface area contributed by atoms with Gasteiger partial charge < -0.3 is 4.42 Å². The molecule has 1 aliphatic rings. The van der Waals surface area contributed by atoms with E-state index in [2.05, 4.69) is 12.1 Å². The van der Waals surface area contributed by atoms with E-state index in [4.69, 9.17) is 4.42 Å². The predicted octanol–water partition coefficient (Wildman–Crippen LogP) is 5.28. The van der Waals surface area contributed by atoms with Gasteiger partial charge >= 0.3 is 5.76 Å². The van der Waals surface area contributed by atoms with Crippen molar-refractivity contribution in [1.82, 2.24) is 4.57 Å². The van der Waals surface area contributed by atoms with Crippen LogP contribution in [0.4, 0.5) is 0 Å². The first-order valence-corrected chi connectivity index (χ1v) is 8.71. The van der Waals surface area contributed by atoms with E-state index in [1.165, 1.54) is 19.3 Å². The first kappa shape index (κ1) is 15.0. The molecule has 1 saturated carbocycles. The van der Waals surface area contributed by atoms with E-state index in [1.807, 2.05) is 53.1 Å². The van der Waals surface area contributed by atoms with Crippen molar-refractivity contribution in [2.75, 3.05) is 0 Å². The molecule has 0 N–H and O–H groups in total. The molecule has 24 heavy (non-hydrogen) atoms. The number of aromatic nitrogens is 1. The van der Waals surface area contributed by atoms with Gasteiger partial charge in [-0.25, -0.2) is 4.79 Å². The molecule has 2 aromatic carbocycles. The van der Waals surface area contributed by atoms with Gasteiger partial charge in [-0.2, -0.15) is 0 Å². The van der Waals surface area contributed by atoms with Crippen molar-refractivity contribution in [2.24, 2.45) is 0 Å². The van der Waals surface area contributed by atoms with Gasteiger partial charge in [-0.15, -0.1) is 0 Å². The lowest BCUT2D eigenvalue weighted by Crippen LogP contribution is -2.23. The van der Waals surface area contributed by atoms with Gasteiger partial charge in [0, 0.05) is 17.2 Å². The highest BCUT2D eigenvalue weighted by Crippen LogP contribution is 2.37. The topological polar surface area (TPSA) is 35.1 Å². The lowest BCUT2D eigenvalue weighted by atomic mass is 9.94. The fourth-order valence-corrected chi connectivity index (χ4v) is 3.71. The third-order valence-corrected chi connectivity index (χ3v) is 4.87. The zero-order chi connectivity index (χ0) is 16.4. The number of nitrogens with zero attached hydrogens (tertiary/aromatic N) is 1. The standard InChI is InChI=1S/C21H21NO2/c23-21-22(18-14-8-3-9-15-18)19(16-10-4-1-5-11-16)20(24-21)17-12-6-2-7-13-17/h1-2,4-7,10-13,18H,3,8-9,14-15H2. The van der Waals surface area contributed by atoms with Crippen LogP contribution in [0.5, 0.6) is 0 Å². The third-order valence-electron chi connectivity index (χ3n) is 4.87. The quantitative estimate of drug-likeness (QED) is 0.658. The monoisotopic (exact) mass is 319 g/mol. The molecule has 1 aromatic heterocycles. The molecule has 3 nitrogen and oxygen atoms in total. The molecule has 0 atom stereocenters. The van der Waals surface area contributed by atoms with Gasteiger partial charge in [-0.3, -0.25) is 4.57 Å². The Balaban J connectivity index is 1.93. The summed E-state index contributed by atoms with van der Waals surface area (Å²) in [7, 11) is 0. The van der Waals surface area contributed by atoms with Crippen molar-refractivity contribution in [3.05, 3.63) is 71.2 Å². The molecule has 0 spiro atoms. The van der Waals surface area contributed by atoms with Crippen LogP contribution in [-0.2, 0) is 0 Å². The smallest absolute Gasteiger partial charge is 0.407 e. The van der Waals surface area contributed by atoms with Gasteiger partial charge in [0.15, 0.2) is 5.76 Å². The fraction of sp³-hybridized carbons (Fsp3) is 0.286. The summed E-state index contributed by atoms with van der Waals surface area (Å²) in [4.78, 5) is 12.7. The highest BCUT2D eigenvalue weighted by molar-refractivity contribution is 5.77. The normalized spacial score (nSPS) is 15.5. The van der Waals surface area contributed by atoms with Gasteiger partial charge in [0.2, 0.25) is 0 Å². The Hall–Kier alpha value is -2.55. The summed E-state index contributed by atoms with van der Waals surface area (Å²) >= 11 is 0. The Morgan fingerprint density at radius 2 is 1.38 bits per heavy atom. The number of rotatable bonds is 3. The maximum atomic E-state index is 12.7. The van der Waals surface area contributed by atoms with Crippen LogP contribution in [-0.4, -0.2) is 4.57 Å². The Morgan fingerprint density at radius 3 is 2.00 bits per heavy atom. The zero-order valence-corrected chi connectivity index (χ0v) is 13.7. The lowest BCUT2D eigenvalue weighted by Gasteiger charge is -2.23. The number of oxazole rings is 1. The highest BCUT2D eigenvalue weighted by Gasteiger charge is 2.26. The molecule has 1 heterocycles. The number of benzene rings is 2. The van der Waals surface area contributed by atoms with Crippen LogP contribution < -0.4 is 5.76 Å². The van der Waals surface area contributed by atoms with E-state index in [0.29, 0.717) is 5.76 Å². The van der Waals surface area contributed by atoms with Crippen LogP contribution in [0.15, 0.2) is 69.9 Å².